The summed E-state index contributed by atoms with van der Waals surface area (Å²) in [5.41, 5.74) is 2.76. The number of fused-ring (bicyclic) bond motifs is 1. The molecule has 0 atom stereocenters. The minimum absolute atomic E-state index is 0.139. The van der Waals surface area contributed by atoms with Gasteiger partial charge in [0, 0.05) is 30.4 Å². The van der Waals surface area contributed by atoms with Gasteiger partial charge in [-0.05, 0) is 69.7 Å². The van der Waals surface area contributed by atoms with E-state index in [1.54, 1.807) is 0 Å². The van der Waals surface area contributed by atoms with Gasteiger partial charge >= 0.3 is 5.97 Å². The summed E-state index contributed by atoms with van der Waals surface area (Å²) in [6.07, 6.45) is 5.77. The van der Waals surface area contributed by atoms with Gasteiger partial charge in [-0.3, -0.25) is 0 Å². The predicted octanol–water partition coefficient (Wildman–Crippen LogP) is 2.40. The van der Waals surface area contributed by atoms with Crippen LogP contribution < -0.4 is 9.62 Å². The molecular formula is C22H28N4O4S. The fourth-order valence-corrected chi connectivity index (χ4v) is 5.65. The van der Waals surface area contributed by atoms with Crippen molar-refractivity contribution in [2.45, 2.75) is 56.4 Å². The van der Waals surface area contributed by atoms with Crippen LogP contribution in [-0.4, -0.2) is 50.6 Å². The number of aryl methyl sites for hydroxylation is 2. The molecule has 0 radical (unpaired) electrons. The van der Waals surface area contributed by atoms with Crippen LogP contribution in [0.3, 0.4) is 0 Å². The van der Waals surface area contributed by atoms with Crippen molar-refractivity contribution in [3.05, 3.63) is 46.9 Å². The quantitative estimate of drug-likeness (QED) is 0.707. The zero-order chi connectivity index (χ0) is 22.0. The van der Waals surface area contributed by atoms with E-state index in [0.29, 0.717) is 18.4 Å². The number of methoxy groups -OCH3 is 1. The number of sulfonamides is 1. The molecule has 31 heavy (non-hydrogen) atoms. The molecule has 2 aliphatic rings. The number of aromatic nitrogens is 2. The molecule has 1 aromatic heterocycles. The number of piperidine rings is 1. The molecule has 0 saturated carbocycles. The molecule has 166 valence electrons. The normalized spacial score (nSPS) is 17.3. The molecule has 1 aliphatic carbocycles. The van der Waals surface area contributed by atoms with E-state index in [2.05, 4.69) is 19.3 Å². The van der Waals surface area contributed by atoms with Gasteiger partial charge in [-0.15, -0.1) is 0 Å². The molecule has 0 spiro atoms. The number of esters is 1. The molecule has 2 aromatic rings. The Balaban J connectivity index is 1.41. The van der Waals surface area contributed by atoms with E-state index in [1.165, 1.54) is 49.1 Å². The van der Waals surface area contributed by atoms with Crippen LogP contribution in [0.25, 0.3) is 0 Å². The molecule has 1 N–H and O–H groups in total. The number of anilines is 1. The standard InChI is InChI=1S/C22H28N4O4S/c1-15-23-20-6-4-3-5-19(20)21(24-15)26-13-11-17(12-14-26)25-31(28,29)18-9-7-16(8-10-18)22(27)30-2/h7-10,17,25H,3-6,11-14H2,1-2H3. The van der Waals surface area contributed by atoms with Crippen molar-refractivity contribution < 1.29 is 17.9 Å². The summed E-state index contributed by atoms with van der Waals surface area (Å²) < 4.78 is 33.0. The highest BCUT2D eigenvalue weighted by Gasteiger charge is 2.28. The zero-order valence-electron chi connectivity index (χ0n) is 17.9. The van der Waals surface area contributed by atoms with Crippen molar-refractivity contribution in [2.75, 3.05) is 25.1 Å². The van der Waals surface area contributed by atoms with Gasteiger partial charge in [0.2, 0.25) is 10.0 Å². The van der Waals surface area contributed by atoms with Gasteiger partial charge in [0.25, 0.3) is 0 Å². The average molecular weight is 445 g/mol. The van der Waals surface area contributed by atoms with Gasteiger partial charge in [-0.1, -0.05) is 0 Å². The van der Waals surface area contributed by atoms with Crippen LogP contribution >= 0.6 is 0 Å². The summed E-state index contributed by atoms with van der Waals surface area (Å²) in [5, 5.41) is 0. The van der Waals surface area contributed by atoms with E-state index < -0.39 is 16.0 Å². The van der Waals surface area contributed by atoms with E-state index in [9.17, 15) is 13.2 Å². The van der Waals surface area contributed by atoms with E-state index in [1.807, 2.05) is 6.92 Å². The lowest BCUT2D eigenvalue weighted by Gasteiger charge is -2.35. The maximum absolute atomic E-state index is 12.8. The second kappa shape index (κ2) is 8.92. The van der Waals surface area contributed by atoms with Crippen molar-refractivity contribution in [2.24, 2.45) is 0 Å². The highest BCUT2D eigenvalue weighted by Crippen LogP contribution is 2.30. The van der Waals surface area contributed by atoms with E-state index in [-0.39, 0.29) is 10.9 Å². The number of hydrogen-bond donors (Lipinski definition) is 1. The molecule has 1 aliphatic heterocycles. The maximum atomic E-state index is 12.8. The van der Waals surface area contributed by atoms with Crippen LogP contribution in [0.5, 0.6) is 0 Å². The first-order valence-electron chi connectivity index (χ1n) is 10.7. The van der Waals surface area contributed by atoms with Gasteiger partial charge in [-0.25, -0.2) is 27.9 Å². The summed E-state index contributed by atoms with van der Waals surface area (Å²) in [6.45, 7) is 3.43. The summed E-state index contributed by atoms with van der Waals surface area (Å²) in [6, 6.07) is 5.65. The number of nitrogens with one attached hydrogen (secondary N) is 1. The molecular weight excluding hydrogens is 416 g/mol. The second-order valence-electron chi connectivity index (χ2n) is 8.13. The SMILES string of the molecule is COC(=O)c1ccc(S(=O)(=O)NC2CCN(c3nc(C)nc4c3CCCC4)CC2)cc1. The Labute approximate surface area is 183 Å². The summed E-state index contributed by atoms with van der Waals surface area (Å²) >= 11 is 0. The van der Waals surface area contributed by atoms with Crippen LogP contribution in [0.4, 0.5) is 5.82 Å². The number of rotatable bonds is 5. The average Bonchev–Trinajstić information content (AvgIpc) is 2.78. The van der Waals surface area contributed by atoms with Crippen LogP contribution in [0.2, 0.25) is 0 Å². The fourth-order valence-electron chi connectivity index (χ4n) is 4.34. The van der Waals surface area contributed by atoms with Gasteiger partial charge in [0.05, 0.1) is 17.6 Å². The predicted molar refractivity (Wildman–Crippen MR) is 117 cm³/mol. The van der Waals surface area contributed by atoms with Crippen molar-refractivity contribution in [3.8, 4) is 0 Å². The largest absolute Gasteiger partial charge is 0.465 e. The second-order valence-corrected chi connectivity index (χ2v) is 9.84. The first-order chi connectivity index (χ1) is 14.9. The van der Waals surface area contributed by atoms with Crippen LogP contribution in [0.1, 0.15) is 53.1 Å². The Kier molecular flexibility index (Phi) is 6.24. The van der Waals surface area contributed by atoms with Crippen molar-refractivity contribution >= 4 is 21.8 Å². The number of carbonyl (C=O) groups excluding carboxylic acids is 1. The van der Waals surface area contributed by atoms with Crippen molar-refractivity contribution in [3.63, 3.8) is 0 Å². The van der Waals surface area contributed by atoms with E-state index >= 15 is 0 Å². The number of nitrogens with zero attached hydrogens (tertiary/aromatic N) is 3. The number of carbonyl (C=O) groups is 1. The van der Waals surface area contributed by atoms with E-state index in [4.69, 9.17) is 4.98 Å². The van der Waals surface area contributed by atoms with Gasteiger partial charge < -0.3 is 9.64 Å². The first-order valence-corrected chi connectivity index (χ1v) is 12.2. The number of hydrogen-bond acceptors (Lipinski definition) is 7. The summed E-state index contributed by atoms with van der Waals surface area (Å²) in [4.78, 5) is 23.3. The Bertz CT molecular complexity index is 1060. The molecule has 1 fully saturated rings. The molecule has 0 unspecified atom stereocenters. The van der Waals surface area contributed by atoms with Gasteiger partial charge in [0.15, 0.2) is 0 Å². The molecule has 4 rings (SSSR count). The minimum Gasteiger partial charge on any atom is -0.465 e. The molecule has 1 aromatic carbocycles. The van der Waals surface area contributed by atoms with Gasteiger partial charge in [-0.2, -0.15) is 0 Å². The zero-order valence-corrected chi connectivity index (χ0v) is 18.7. The van der Waals surface area contributed by atoms with Crippen molar-refractivity contribution in [1.29, 1.82) is 0 Å². The third-order valence-electron chi connectivity index (χ3n) is 5.98. The third kappa shape index (κ3) is 4.72. The van der Waals surface area contributed by atoms with Crippen LogP contribution in [-0.2, 0) is 27.6 Å². The lowest BCUT2D eigenvalue weighted by molar-refractivity contribution is 0.0600. The lowest BCUT2D eigenvalue weighted by atomic mass is 9.95. The molecule has 0 bridgehead atoms. The Hall–Kier alpha value is -2.52. The van der Waals surface area contributed by atoms with Gasteiger partial charge in [0.1, 0.15) is 11.6 Å². The highest BCUT2D eigenvalue weighted by atomic mass is 32.2. The maximum Gasteiger partial charge on any atom is 0.337 e. The van der Waals surface area contributed by atoms with Crippen LogP contribution in [0.15, 0.2) is 29.2 Å². The Morgan fingerprint density at radius 2 is 1.77 bits per heavy atom. The molecule has 2 heterocycles. The fraction of sp³-hybridized carbons (Fsp3) is 0.500. The Morgan fingerprint density at radius 1 is 1.10 bits per heavy atom. The molecule has 9 heteroatoms. The van der Waals surface area contributed by atoms with Crippen LogP contribution in [0, 0.1) is 6.92 Å². The highest BCUT2D eigenvalue weighted by molar-refractivity contribution is 7.89. The Morgan fingerprint density at radius 3 is 2.45 bits per heavy atom. The minimum atomic E-state index is -3.66. The molecule has 8 nitrogen and oxygen atoms in total. The number of benzene rings is 1. The number of ether oxygens (including phenoxy) is 1. The monoisotopic (exact) mass is 444 g/mol. The first kappa shape index (κ1) is 21.7. The third-order valence-corrected chi connectivity index (χ3v) is 7.51. The smallest absolute Gasteiger partial charge is 0.337 e. The molecule has 1 saturated heterocycles. The molecule has 0 amide bonds. The topological polar surface area (TPSA) is 101 Å². The van der Waals surface area contributed by atoms with E-state index in [0.717, 1.165) is 44.0 Å². The summed E-state index contributed by atoms with van der Waals surface area (Å²) in [5.74, 6) is 1.34. The van der Waals surface area contributed by atoms with Crippen molar-refractivity contribution in [1.82, 2.24) is 14.7 Å². The lowest BCUT2D eigenvalue weighted by Crippen LogP contribution is -2.45. The summed E-state index contributed by atoms with van der Waals surface area (Å²) in [7, 11) is -2.37.